The molecule has 0 radical (unpaired) electrons. The van der Waals surface area contributed by atoms with Gasteiger partial charge in [-0.15, -0.1) is 11.3 Å². The Balaban J connectivity index is 2.24. The third kappa shape index (κ3) is 2.20. The summed E-state index contributed by atoms with van der Waals surface area (Å²) in [5.74, 6) is 0.846. The molecule has 0 spiro atoms. The van der Waals surface area contributed by atoms with Crippen LogP contribution in [-0.2, 0) is 0 Å². The Kier molecular flexibility index (Phi) is 3.35. The summed E-state index contributed by atoms with van der Waals surface area (Å²) in [6.07, 6.45) is 0. The van der Waals surface area contributed by atoms with E-state index in [2.05, 4.69) is 0 Å². The van der Waals surface area contributed by atoms with E-state index in [1.54, 1.807) is 28.8 Å². The number of amides is 1. The van der Waals surface area contributed by atoms with Crippen LogP contribution in [0.2, 0.25) is 4.34 Å². The average Bonchev–Trinajstić information content (AvgIpc) is 2.73. The summed E-state index contributed by atoms with van der Waals surface area (Å²) >= 11 is 13.8. The van der Waals surface area contributed by atoms with Gasteiger partial charge >= 0.3 is 0 Å². The van der Waals surface area contributed by atoms with Gasteiger partial charge in [0.25, 0.3) is 5.91 Å². The first-order valence-corrected chi connectivity index (χ1v) is 6.94. The van der Waals surface area contributed by atoms with Crippen LogP contribution in [0.1, 0.15) is 16.6 Å². The normalized spacial score (nSPS) is 21.1. The second-order valence-electron chi connectivity index (χ2n) is 3.20. The highest BCUT2D eigenvalue weighted by Crippen LogP contribution is 2.29. The first-order chi connectivity index (χ1) is 7.09. The van der Waals surface area contributed by atoms with Crippen LogP contribution in [0.3, 0.4) is 0 Å². The van der Waals surface area contributed by atoms with E-state index in [4.69, 9.17) is 23.8 Å². The minimum atomic E-state index is -0.0330. The summed E-state index contributed by atoms with van der Waals surface area (Å²) in [6, 6.07) is 3.65. The predicted octanol–water partition coefficient (Wildman–Crippen LogP) is 3.26. The van der Waals surface area contributed by atoms with Crippen molar-refractivity contribution >= 4 is 57.1 Å². The minimum absolute atomic E-state index is 0.0330. The molecule has 0 saturated carbocycles. The van der Waals surface area contributed by atoms with Crippen LogP contribution >= 0.6 is 46.9 Å². The Morgan fingerprint density at radius 2 is 2.40 bits per heavy atom. The van der Waals surface area contributed by atoms with Gasteiger partial charge in [-0.3, -0.25) is 9.69 Å². The quantitative estimate of drug-likeness (QED) is 0.735. The monoisotopic (exact) mass is 277 g/mol. The van der Waals surface area contributed by atoms with Crippen LogP contribution in [-0.4, -0.2) is 26.9 Å². The maximum Gasteiger partial charge on any atom is 0.269 e. The zero-order valence-electron chi connectivity index (χ0n) is 7.90. The van der Waals surface area contributed by atoms with Gasteiger partial charge in [0, 0.05) is 11.8 Å². The Morgan fingerprint density at radius 1 is 1.67 bits per heavy atom. The predicted molar refractivity (Wildman–Crippen MR) is 70.0 cm³/mol. The molecule has 1 fully saturated rings. The van der Waals surface area contributed by atoms with E-state index < -0.39 is 0 Å². The molecule has 6 heteroatoms. The number of nitrogens with zero attached hydrogens (tertiary/aromatic N) is 1. The number of carbonyl (C=O) groups is 1. The summed E-state index contributed by atoms with van der Waals surface area (Å²) in [4.78, 5) is 14.4. The van der Waals surface area contributed by atoms with Crippen LogP contribution in [0.25, 0.3) is 0 Å². The topological polar surface area (TPSA) is 20.3 Å². The standard InChI is InChI=1S/C9H8ClNOS3/c1-5-4-14-9(13)11(5)8(12)6-2-3-7(10)15-6/h2-3,5H,4H2,1H3. The van der Waals surface area contributed by atoms with E-state index in [1.165, 1.54) is 11.3 Å². The lowest BCUT2D eigenvalue weighted by molar-refractivity contribution is 0.0836. The highest BCUT2D eigenvalue weighted by molar-refractivity contribution is 8.23. The number of hydrogen-bond donors (Lipinski definition) is 0. The van der Waals surface area contributed by atoms with Gasteiger partial charge in [0.05, 0.1) is 9.21 Å². The Morgan fingerprint density at radius 3 is 2.87 bits per heavy atom. The molecule has 15 heavy (non-hydrogen) atoms. The van der Waals surface area contributed by atoms with E-state index in [-0.39, 0.29) is 11.9 Å². The molecule has 1 saturated heterocycles. The van der Waals surface area contributed by atoms with Gasteiger partial charge < -0.3 is 0 Å². The summed E-state index contributed by atoms with van der Waals surface area (Å²) in [6.45, 7) is 2.00. The number of halogens is 1. The van der Waals surface area contributed by atoms with Crippen LogP contribution in [0.4, 0.5) is 0 Å². The fourth-order valence-corrected chi connectivity index (χ4v) is 3.73. The highest BCUT2D eigenvalue weighted by Gasteiger charge is 2.31. The molecule has 2 nitrogen and oxygen atoms in total. The molecule has 2 rings (SSSR count). The summed E-state index contributed by atoms with van der Waals surface area (Å²) < 4.78 is 1.29. The lowest BCUT2D eigenvalue weighted by atomic mass is 10.3. The second-order valence-corrected chi connectivity index (χ2v) is 6.57. The third-order valence-electron chi connectivity index (χ3n) is 2.09. The first-order valence-electron chi connectivity index (χ1n) is 4.35. The Labute approximate surface area is 107 Å². The number of carbonyl (C=O) groups excluding carboxylic acids is 1. The number of thiophene rings is 1. The first kappa shape index (κ1) is 11.4. The van der Waals surface area contributed by atoms with Crippen LogP contribution in [0, 0.1) is 0 Å². The van der Waals surface area contributed by atoms with Gasteiger partial charge in [0.2, 0.25) is 0 Å². The molecule has 1 aliphatic heterocycles. The molecular formula is C9H8ClNOS3. The van der Waals surface area contributed by atoms with Crippen molar-refractivity contribution in [3.8, 4) is 0 Å². The molecule has 1 unspecified atom stereocenters. The maximum absolute atomic E-state index is 12.1. The summed E-state index contributed by atoms with van der Waals surface area (Å²) in [5.41, 5.74) is 0. The lowest BCUT2D eigenvalue weighted by Gasteiger charge is -2.19. The van der Waals surface area contributed by atoms with Crippen LogP contribution in [0.15, 0.2) is 12.1 Å². The van der Waals surface area contributed by atoms with Gasteiger partial charge in [-0.1, -0.05) is 35.6 Å². The zero-order chi connectivity index (χ0) is 11.0. The molecule has 1 amide bonds. The molecule has 0 aromatic carbocycles. The molecule has 2 heterocycles. The van der Waals surface area contributed by atoms with E-state index >= 15 is 0 Å². The second kappa shape index (κ2) is 4.41. The van der Waals surface area contributed by atoms with E-state index in [9.17, 15) is 4.79 Å². The van der Waals surface area contributed by atoms with Crippen LogP contribution < -0.4 is 0 Å². The van der Waals surface area contributed by atoms with Crippen molar-refractivity contribution in [1.82, 2.24) is 4.90 Å². The largest absolute Gasteiger partial charge is 0.289 e. The Bertz CT molecular complexity index is 417. The molecule has 80 valence electrons. The number of hydrogen-bond acceptors (Lipinski definition) is 4. The fraction of sp³-hybridized carbons (Fsp3) is 0.333. The fourth-order valence-electron chi connectivity index (χ4n) is 1.35. The minimum Gasteiger partial charge on any atom is -0.289 e. The molecule has 0 N–H and O–H groups in total. The highest BCUT2D eigenvalue weighted by atomic mass is 35.5. The van der Waals surface area contributed by atoms with E-state index in [0.717, 1.165) is 5.75 Å². The van der Waals surface area contributed by atoms with Crippen molar-refractivity contribution in [2.24, 2.45) is 0 Å². The van der Waals surface area contributed by atoms with Crippen molar-refractivity contribution < 1.29 is 4.79 Å². The molecule has 1 aromatic heterocycles. The van der Waals surface area contributed by atoms with Crippen molar-refractivity contribution in [1.29, 1.82) is 0 Å². The number of thioether (sulfide) groups is 1. The van der Waals surface area contributed by atoms with Gasteiger partial charge in [0.15, 0.2) is 0 Å². The van der Waals surface area contributed by atoms with Crippen molar-refractivity contribution in [2.45, 2.75) is 13.0 Å². The smallest absolute Gasteiger partial charge is 0.269 e. The zero-order valence-corrected chi connectivity index (χ0v) is 11.1. The molecule has 1 aliphatic rings. The summed E-state index contributed by atoms with van der Waals surface area (Å²) in [7, 11) is 0. The SMILES string of the molecule is CC1CSC(=S)N1C(=O)c1ccc(Cl)s1. The number of rotatable bonds is 1. The Hall–Kier alpha value is -0.100. The van der Waals surface area contributed by atoms with E-state index in [0.29, 0.717) is 13.5 Å². The van der Waals surface area contributed by atoms with Gasteiger partial charge in [-0.2, -0.15) is 0 Å². The summed E-state index contributed by atoms with van der Waals surface area (Å²) in [5, 5.41) is 0. The van der Waals surface area contributed by atoms with Crippen molar-refractivity contribution in [3.63, 3.8) is 0 Å². The van der Waals surface area contributed by atoms with Gasteiger partial charge in [-0.05, 0) is 19.1 Å². The maximum atomic E-state index is 12.1. The van der Waals surface area contributed by atoms with Crippen molar-refractivity contribution in [3.05, 3.63) is 21.3 Å². The molecule has 0 aliphatic carbocycles. The van der Waals surface area contributed by atoms with Crippen LogP contribution in [0.5, 0.6) is 0 Å². The molecule has 1 atom stereocenters. The lowest BCUT2D eigenvalue weighted by Crippen LogP contribution is -2.36. The molecule has 1 aromatic rings. The average molecular weight is 278 g/mol. The molecule has 0 bridgehead atoms. The van der Waals surface area contributed by atoms with Gasteiger partial charge in [-0.25, -0.2) is 0 Å². The number of thiocarbonyl (C=S) groups is 1. The molecular weight excluding hydrogens is 270 g/mol. The third-order valence-corrected chi connectivity index (χ3v) is 4.95. The van der Waals surface area contributed by atoms with Crippen molar-refractivity contribution in [2.75, 3.05) is 5.75 Å². The van der Waals surface area contributed by atoms with Gasteiger partial charge in [0.1, 0.15) is 4.32 Å². The van der Waals surface area contributed by atoms with E-state index in [1.807, 2.05) is 6.92 Å².